The van der Waals surface area contributed by atoms with Crippen LogP contribution in [0.4, 0.5) is 4.39 Å². The molecule has 2 aromatic rings. The minimum atomic E-state index is -0.598. The Hall–Kier alpha value is -1.72. The number of imidazole rings is 1. The fourth-order valence-corrected chi connectivity index (χ4v) is 2.07. The van der Waals surface area contributed by atoms with Gasteiger partial charge >= 0.3 is 0 Å². The molecule has 0 unspecified atom stereocenters. The molecule has 0 aliphatic rings. The summed E-state index contributed by atoms with van der Waals surface area (Å²) in [6.07, 6.45) is 3.62. The number of aliphatic hydroxyl groups is 1. The molecule has 1 heterocycles. The van der Waals surface area contributed by atoms with Crippen molar-refractivity contribution in [2.45, 2.75) is 32.0 Å². The number of halogens is 1. The first-order chi connectivity index (χ1) is 9.56. The van der Waals surface area contributed by atoms with E-state index in [-0.39, 0.29) is 11.9 Å². The summed E-state index contributed by atoms with van der Waals surface area (Å²) in [6.45, 7) is 2.66. The Kier molecular flexibility index (Phi) is 4.87. The van der Waals surface area contributed by atoms with Crippen molar-refractivity contribution in [3.8, 4) is 0 Å². The molecule has 108 valence electrons. The van der Waals surface area contributed by atoms with E-state index in [0.717, 1.165) is 11.4 Å². The second-order valence-corrected chi connectivity index (χ2v) is 5.04. The van der Waals surface area contributed by atoms with E-state index >= 15 is 0 Å². The highest BCUT2D eigenvalue weighted by Crippen LogP contribution is 2.18. The third-order valence-electron chi connectivity index (χ3n) is 3.36. The normalized spacial score (nSPS) is 14.2. The van der Waals surface area contributed by atoms with Crippen LogP contribution in [0, 0.1) is 5.82 Å². The molecule has 2 rings (SSSR count). The van der Waals surface area contributed by atoms with Crippen LogP contribution in [0.3, 0.4) is 0 Å². The predicted octanol–water partition coefficient (Wildman–Crippen LogP) is 2.16. The molecule has 0 saturated carbocycles. The number of nitrogens with one attached hydrogen (secondary N) is 1. The third kappa shape index (κ3) is 3.88. The first kappa shape index (κ1) is 14.7. The van der Waals surface area contributed by atoms with Gasteiger partial charge in [0, 0.05) is 25.5 Å². The van der Waals surface area contributed by atoms with E-state index in [1.54, 1.807) is 18.3 Å². The number of aromatic nitrogens is 2. The van der Waals surface area contributed by atoms with Crippen molar-refractivity contribution < 1.29 is 9.50 Å². The van der Waals surface area contributed by atoms with Gasteiger partial charge in [-0.3, -0.25) is 0 Å². The maximum absolute atomic E-state index is 12.8. The molecule has 0 saturated heterocycles. The third-order valence-corrected chi connectivity index (χ3v) is 3.36. The Morgan fingerprint density at radius 1 is 1.35 bits per heavy atom. The second kappa shape index (κ2) is 6.63. The number of aliphatic hydroxyl groups excluding tert-OH is 1. The summed E-state index contributed by atoms with van der Waals surface area (Å²) < 4.78 is 14.8. The summed E-state index contributed by atoms with van der Waals surface area (Å²) in [7, 11) is 1.95. The summed E-state index contributed by atoms with van der Waals surface area (Å²) in [5.41, 5.74) is 0.733. The SMILES string of the molecule is C[C@@H](C[C@H](O)c1ccc(F)cc1)NCc1nccn1C. The first-order valence-electron chi connectivity index (χ1n) is 6.69. The Labute approximate surface area is 118 Å². The van der Waals surface area contributed by atoms with Crippen LogP contribution in [-0.4, -0.2) is 20.7 Å². The minimum absolute atomic E-state index is 0.131. The van der Waals surface area contributed by atoms with E-state index in [0.29, 0.717) is 13.0 Å². The zero-order valence-corrected chi connectivity index (χ0v) is 11.8. The maximum atomic E-state index is 12.8. The van der Waals surface area contributed by atoms with Gasteiger partial charge in [0.2, 0.25) is 0 Å². The maximum Gasteiger partial charge on any atom is 0.123 e. The van der Waals surface area contributed by atoms with Crippen LogP contribution in [0.1, 0.15) is 30.8 Å². The molecule has 20 heavy (non-hydrogen) atoms. The lowest BCUT2D eigenvalue weighted by Crippen LogP contribution is -2.28. The average Bonchev–Trinajstić information content (AvgIpc) is 2.82. The van der Waals surface area contributed by atoms with Crippen LogP contribution in [0.2, 0.25) is 0 Å². The highest BCUT2D eigenvalue weighted by atomic mass is 19.1. The quantitative estimate of drug-likeness (QED) is 0.850. The summed E-state index contributed by atoms with van der Waals surface area (Å²) >= 11 is 0. The Morgan fingerprint density at radius 2 is 2.05 bits per heavy atom. The van der Waals surface area contributed by atoms with Gasteiger partial charge in [0.15, 0.2) is 0 Å². The van der Waals surface area contributed by atoms with Crippen molar-refractivity contribution >= 4 is 0 Å². The van der Waals surface area contributed by atoms with Gasteiger partial charge in [-0.05, 0) is 31.0 Å². The number of aryl methyl sites for hydroxylation is 1. The van der Waals surface area contributed by atoms with E-state index in [9.17, 15) is 9.50 Å². The van der Waals surface area contributed by atoms with Crippen LogP contribution in [-0.2, 0) is 13.6 Å². The molecule has 0 aliphatic carbocycles. The Morgan fingerprint density at radius 3 is 2.65 bits per heavy atom. The van der Waals surface area contributed by atoms with Crippen molar-refractivity contribution in [2.75, 3.05) is 0 Å². The summed E-state index contributed by atoms with van der Waals surface area (Å²) in [6, 6.07) is 6.10. The lowest BCUT2D eigenvalue weighted by molar-refractivity contribution is 0.153. The zero-order chi connectivity index (χ0) is 14.5. The minimum Gasteiger partial charge on any atom is -0.388 e. The number of benzene rings is 1. The molecular weight excluding hydrogens is 257 g/mol. The van der Waals surface area contributed by atoms with Crippen molar-refractivity contribution in [1.82, 2.24) is 14.9 Å². The number of nitrogens with zero attached hydrogens (tertiary/aromatic N) is 2. The first-order valence-corrected chi connectivity index (χ1v) is 6.69. The molecule has 4 nitrogen and oxygen atoms in total. The van der Waals surface area contributed by atoms with Crippen molar-refractivity contribution in [2.24, 2.45) is 7.05 Å². The molecule has 0 aliphatic heterocycles. The lowest BCUT2D eigenvalue weighted by Gasteiger charge is -2.18. The zero-order valence-electron chi connectivity index (χ0n) is 11.8. The molecule has 0 amide bonds. The lowest BCUT2D eigenvalue weighted by atomic mass is 10.0. The van der Waals surface area contributed by atoms with Gasteiger partial charge < -0.3 is 15.0 Å². The van der Waals surface area contributed by atoms with Gasteiger partial charge in [-0.15, -0.1) is 0 Å². The average molecular weight is 277 g/mol. The van der Waals surface area contributed by atoms with Gasteiger partial charge in [0.25, 0.3) is 0 Å². The topological polar surface area (TPSA) is 50.1 Å². The summed E-state index contributed by atoms with van der Waals surface area (Å²) in [5, 5.41) is 13.4. The van der Waals surface area contributed by atoms with Crippen molar-refractivity contribution in [1.29, 1.82) is 0 Å². The monoisotopic (exact) mass is 277 g/mol. The van der Waals surface area contributed by atoms with E-state index in [1.807, 2.05) is 24.7 Å². The van der Waals surface area contributed by atoms with Crippen molar-refractivity contribution in [3.05, 3.63) is 53.9 Å². The molecule has 2 N–H and O–H groups in total. The number of rotatable bonds is 6. The molecule has 0 fully saturated rings. The van der Waals surface area contributed by atoms with Gasteiger partial charge in [-0.1, -0.05) is 12.1 Å². The molecule has 1 aromatic carbocycles. The fraction of sp³-hybridized carbons (Fsp3) is 0.400. The van der Waals surface area contributed by atoms with E-state index in [1.165, 1.54) is 12.1 Å². The summed E-state index contributed by atoms with van der Waals surface area (Å²) in [5.74, 6) is 0.662. The van der Waals surface area contributed by atoms with Gasteiger partial charge in [0.05, 0.1) is 12.6 Å². The largest absolute Gasteiger partial charge is 0.388 e. The van der Waals surface area contributed by atoms with Crippen LogP contribution in [0.15, 0.2) is 36.7 Å². The van der Waals surface area contributed by atoms with Crippen LogP contribution >= 0.6 is 0 Å². The molecule has 0 radical (unpaired) electrons. The van der Waals surface area contributed by atoms with E-state index in [4.69, 9.17) is 0 Å². The molecule has 2 atom stereocenters. The second-order valence-electron chi connectivity index (χ2n) is 5.04. The van der Waals surface area contributed by atoms with Gasteiger partial charge in [-0.25, -0.2) is 9.37 Å². The van der Waals surface area contributed by atoms with Crippen LogP contribution in [0.25, 0.3) is 0 Å². The Bertz CT molecular complexity index is 538. The molecule has 0 spiro atoms. The molecule has 0 bridgehead atoms. The molecular formula is C15H20FN3O. The molecule has 5 heteroatoms. The fourth-order valence-electron chi connectivity index (χ4n) is 2.07. The van der Waals surface area contributed by atoms with E-state index in [2.05, 4.69) is 10.3 Å². The predicted molar refractivity (Wildman–Crippen MR) is 75.5 cm³/mol. The standard InChI is InChI=1S/C15H20FN3O/c1-11(18-10-15-17-7-8-19(15)2)9-14(20)12-3-5-13(16)6-4-12/h3-8,11,14,18,20H,9-10H2,1-2H3/t11-,14-/m0/s1. The Balaban J connectivity index is 1.83. The highest BCUT2D eigenvalue weighted by Gasteiger charge is 2.12. The van der Waals surface area contributed by atoms with Crippen LogP contribution < -0.4 is 5.32 Å². The van der Waals surface area contributed by atoms with Crippen molar-refractivity contribution in [3.63, 3.8) is 0 Å². The van der Waals surface area contributed by atoms with E-state index < -0.39 is 6.10 Å². The van der Waals surface area contributed by atoms with Gasteiger partial charge in [0.1, 0.15) is 11.6 Å². The smallest absolute Gasteiger partial charge is 0.123 e. The van der Waals surface area contributed by atoms with Crippen LogP contribution in [0.5, 0.6) is 0 Å². The number of hydrogen-bond donors (Lipinski definition) is 2. The molecule has 1 aromatic heterocycles. The number of hydrogen-bond acceptors (Lipinski definition) is 3. The highest BCUT2D eigenvalue weighted by molar-refractivity contribution is 5.18. The van der Waals surface area contributed by atoms with Gasteiger partial charge in [-0.2, -0.15) is 0 Å². The summed E-state index contributed by atoms with van der Waals surface area (Å²) in [4.78, 5) is 4.23.